The highest BCUT2D eigenvalue weighted by atomic mass is 19.1. The number of likely N-dealkylation sites (tertiary alicyclic amines) is 1. The first kappa shape index (κ1) is 34.9. The number of nitrogens with zero attached hydrogens (tertiary/aromatic N) is 3. The molecule has 3 fully saturated rings. The smallest absolute Gasteiger partial charge is 0.241 e. The Morgan fingerprint density at radius 3 is 2.34 bits per heavy atom. The van der Waals surface area contributed by atoms with E-state index in [1.165, 1.54) is 6.07 Å². The maximum absolute atomic E-state index is 16.2. The summed E-state index contributed by atoms with van der Waals surface area (Å²) in [6.07, 6.45) is -0.188. The van der Waals surface area contributed by atoms with E-state index in [0.29, 0.717) is 6.42 Å². The monoisotopic (exact) mass is 724 g/mol. The summed E-state index contributed by atoms with van der Waals surface area (Å²) in [7, 11) is 5.34. The van der Waals surface area contributed by atoms with Crippen molar-refractivity contribution in [2.24, 2.45) is 22.9 Å². The highest BCUT2D eigenvalue weighted by Crippen LogP contribution is 2.54. The summed E-state index contributed by atoms with van der Waals surface area (Å²) in [4.78, 5) is 52.0. The molecule has 0 radical (unpaired) electrons. The molecule has 3 aliphatic carbocycles. The van der Waals surface area contributed by atoms with Gasteiger partial charge in [-0.3, -0.25) is 19.3 Å². The molecule has 276 valence electrons. The van der Waals surface area contributed by atoms with Crippen LogP contribution in [0.15, 0.2) is 77.5 Å². The molecule has 0 bridgehead atoms. The first-order chi connectivity index (χ1) is 25.5. The Balaban J connectivity index is 1.19. The average Bonchev–Trinajstić information content (AvgIpc) is 3.55. The molecule has 2 heterocycles. The first-order valence-corrected chi connectivity index (χ1v) is 17.8. The van der Waals surface area contributed by atoms with Gasteiger partial charge in [0.2, 0.25) is 17.6 Å². The van der Waals surface area contributed by atoms with E-state index in [4.69, 9.17) is 14.3 Å². The minimum absolute atomic E-state index is 0.00305. The van der Waals surface area contributed by atoms with Gasteiger partial charge in [-0.2, -0.15) is 0 Å². The number of ketones is 2. The summed E-state index contributed by atoms with van der Waals surface area (Å²) >= 11 is 0. The molecule has 1 amide bonds. The van der Waals surface area contributed by atoms with Crippen LogP contribution in [0.3, 0.4) is 0 Å². The van der Waals surface area contributed by atoms with E-state index >= 15 is 4.39 Å². The number of carbonyl (C=O) groups is 3. The number of aliphatic hydroxyl groups excluding tert-OH is 1. The molecule has 1 saturated heterocycles. The molecule has 0 spiro atoms. The summed E-state index contributed by atoms with van der Waals surface area (Å²) in [6.45, 7) is 0.830. The Morgan fingerprint density at radius 1 is 1.08 bits per heavy atom. The number of likely N-dealkylation sites (N-methyl/N-ethyl adjacent to an activating group) is 2. The van der Waals surface area contributed by atoms with Crippen molar-refractivity contribution in [3.8, 4) is 5.75 Å². The predicted molar refractivity (Wildman–Crippen MR) is 191 cm³/mol. The van der Waals surface area contributed by atoms with Crippen LogP contribution in [0.5, 0.6) is 5.75 Å². The number of fused-ring (bicyclic) bond motifs is 4. The summed E-state index contributed by atoms with van der Waals surface area (Å²) < 4.78 is 28.5. The number of benzene rings is 3. The number of hydrogen-bond acceptors (Lipinski definition) is 11. The van der Waals surface area contributed by atoms with Crippen LogP contribution in [0, 0.1) is 23.6 Å². The molecular weight excluding hydrogens is 683 g/mol. The summed E-state index contributed by atoms with van der Waals surface area (Å²) in [6, 6.07) is 18.6. The number of oxime groups is 1. The number of anilines is 1. The molecule has 53 heavy (non-hydrogen) atoms. The zero-order valence-electron chi connectivity index (χ0n) is 29.6. The van der Waals surface area contributed by atoms with Crippen LogP contribution in [-0.2, 0) is 43.6 Å². The van der Waals surface area contributed by atoms with Crippen LogP contribution >= 0.6 is 0 Å². The van der Waals surface area contributed by atoms with E-state index in [0.717, 1.165) is 17.7 Å². The number of Topliss-reactive ketones (excluding diaryl/α,β-unsaturated/α-hetero) is 2. The zero-order valence-corrected chi connectivity index (χ0v) is 29.6. The van der Waals surface area contributed by atoms with Gasteiger partial charge in [-0.15, -0.1) is 0 Å². The van der Waals surface area contributed by atoms with Gasteiger partial charge in [-0.1, -0.05) is 65.8 Å². The van der Waals surface area contributed by atoms with Crippen molar-refractivity contribution in [1.82, 2.24) is 9.80 Å². The Morgan fingerprint density at radius 2 is 1.74 bits per heavy atom. The molecule has 3 aromatic rings. The van der Waals surface area contributed by atoms with Gasteiger partial charge in [0.15, 0.2) is 23.2 Å². The van der Waals surface area contributed by atoms with Gasteiger partial charge in [0.05, 0.1) is 23.3 Å². The molecule has 3 aromatic carbocycles. The van der Waals surface area contributed by atoms with E-state index in [1.54, 1.807) is 19.0 Å². The molecule has 13 heteroatoms. The lowest BCUT2D eigenvalue weighted by Gasteiger charge is -2.53. The topological polar surface area (TPSA) is 150 Å². The minimum atomic E-state index is -2.58. The molecule has 2 saturated carbocycles. The van der Waals surface area contributed by atoms with E-state index < -0.39 is 64.7 Å². The van der Waals surface area contributed by atoms with Gasteiger partial charge in [0.1, 0.15) is 30.7 Å². The molecule has 2 unspecified atom stereocenters. The van der Waals surface area contributed by atoms with Crippen molar-refractivity contribution in [3.63, 3.8) is 0 Å². The van der Waals surface area contributed by atoms with Gasteiger partial charge in [0.25, 0.3) is 0 Å². The summed E-state index contributed by atoms with van der Waals surface area (Å²) in [5.41, 5.74) is -1.16. The number of amides is 1. The van der Waals surface area contributed by atoms with Gasteiger partial charge in [0, 0.05) is 29.7 Å². The molecular formula is C40H41FN4O8. The van der Waals surface area contributed by atoms with Crippen molar-refractivity contribution in [2.75, 3.05) is 33.0 Å². The van der Waals surface area contributed by atoms with Crippen LogP contribution in [0.25, 0.3) is 5.76 Å². The lowest BCUT2D eigenvalue weighted by Crippen LogP contribution is -2.72. The Bertz CT molecular complexity index is 2040. The molecule has 8 rings (SSSR count). The summed E-state index contributed by atoms with van der Waals surface area (Å²) in [5.74, 6) is -6.42. The Hall–Kier alpha value is -5.11. The number of halogens is 1. The first-order valence-electron chi connectivity index (χ1n) is 17.8. The van der Waals surface area contributed by atoms with Gasteiger partial charge in [-0.25, -0.2) is 4.39 Å². The minimum Gasteiger partial charge on any atom is -0.507 e. The number of ether oxygens (including phenoxy) is 2. The van der Waals surface area contributed by atoms with E-state index in [1.807, 2.05) is 72.6 Å². The zero-order chi connectivity index (χ0) is 37.2. The second kappa shape index (κ2) is 13.4. The van der Waals surface area contributed by atoms with Crippen LogP contribution < -0.4 is 10.1 Å². The fraction of sp³-hybridized carbons (Fsp3) is 0.400. The van der Waals surface area contributed by atoms with E-state index in [9.17, 15) is 24.6 Å². The highest BCUT2D eigenvalue weighted by molar-refractivity contribution is 6.25. The third kappa shape index (κ3) is 5.69. The Labute approximate surface area is 305 Å². The van der Waals surface area contributed by atoms with E-state index in [-0.39, 0.29) is 66.0 Å². The molecule has 5 aliphatic rings. The van der Waals surface area contributed by atoms with Crippen molar-refractivity contribution in [2.45, 2.75) is 56.3 Å². The summed E-state index contributed by atoms with van der Waals surface area (Å²) in [5, 5.41) is 31.5. The predicted octanol–water partition coefficient (Wildman–Crippen LogP) is 3.87. The number of rotatable bonds is 8. The quantitative estimate of drug-likeness (QED) is 0.293. The Kier molecular flexibility index (Phi) is 8.83. The molecule has 0 aromatic heterocycles. The molecule has 3 N–H and O–H groups in total. The standard InChI is InChI=1S/C40H41FN4O8/c1-44(2)32-25-17-23-16-24-26(41)18-27(42-38(49)28-14-15-45(28)3)34(51-19-21-10-6-4-7-11-21)30(24)33(46)29(23)36(47)40(25,50)37(48)31-35(32)53-43-39(31)52-20-22-12-8-5-9-13-22/h4-13,18,23,25,28,31-32,35,46,50H,14-17,19-20H2,1-3H3,(H,42,49)/t23-,25-,28-,31?,32-,35?,40-/m0/s1. The van der Waals surface area contributed by atoms with Crippen LogP contribution in [0.4, 0.5) is 10.1 Å². The second-order valence-electron chi connectivity index (χ2n) is 14.8. The molecule has 2 aliphatic heterocycles. The highest BCUT2D eigenvalue weighted by Gasteiger charge is 2.70. The molecule has 7 atom stereocenters. The van der Waals surface area contributed by atoms with Crippen LogP contribution in [-0.4, -0.2) is 94.9 Å². The number of nitrogens with one attached hydrogen (secondary N) is 1. The van der Waals surface area contributed by atoms with Crippen LogP contribution in [0.1, 0.15) is 35.1 Å². The molecule has 12 nitrogen and oxygen atoms in total. The van der Waals surface area contributed by atoms with E-state index in [2.05, 4.69) is 10.5 Å². The number of hydrogen-bond donors (Lipinski definition) is 3. The van der Waals surface area contributed by atoms with Crippen molar-refractivity contribution >= 4 is 34.8 Å². The van der Waals surface area contributed by atoms with Crippen molar-refractivity contribution < 1.29 is 43.3 Å². The third-order valence-electron chi connectivity index (χ3n) is 11.5. The number of aliphatic hydroxyl groups is 2. The lowest BCUT2D eigenvalue weighted by atomic mass is 9.54. The number of carbonyl (C=O) groups excluding carboxylic acids is 3. The van der Waals surface area contributed by atoms with Crippen molar-refractivity contribution in [3.05, 3.63) is 100 Å². The maximum Gasteiger partial charge on any atom is 0.241 e. The van der Waals surface area contributed by atoms with Gasteiger partial charge in [-0.05, 0) is 57.5 Å². The van der Waals surface area contributed by atoms with Crippen LogP contribution in [0.2, 0.25) is 0 Å². The fourth-order valence-electron chi connectivity index (χ4n) is 8.72. The fourth-order valence-corrected chi connectivity index (χ4v) is 8.72. The maximum atomic E-state index is 16.2. The normalized spacial score (nSPS) is 28.9. The average molecular weight is 725 g/mol. The third-order valence-corrected chi connectivity index (χ3v) is 11.5. The second-order valence-corrected chi connectivity index (χ2v) is 14.8. The lowest BCUT2D eigenvalue weighted by molar-refractivity contribution is -0.181. The largest absolute Gasteiger partial charge is 0.507 e. The SMILES string of the molecule is CN(C)[C@@H]1C2ON=C(OCc3ccccc3)C2C(=O)[C@@]2(O)C(=O)C3=C(O)c4c(c(F)cc(NC(=O)[C@@H]5CCN5C)c4OCc4ccccc4)C[C@H]3C[C@@H]12. The van der Waals surface area contributed by atoms with Crippen molar-refractivity contribution in [1.29, 1.82) is 0 Å². The van der Waals surface area contributed by atoms with Gasteiger partial charge < -0.3 is 34.7 Å². The van der Waals surface area contributed by atoms with Gasteiger partial charge >= 0.3 is 0 Å².